The number of aromatic amines is 1. The van der Waals surface area contributed by atoms with Crippen molar-refractivity contribution in [3.63, 3.8) is 0 Å². The third-order valence-corrected chi connectivity index (χ3v) is 3.09. The number of H-pyrrole nitrogens is 1. The second kappa shape index (κ2) is 5.89. The molecule has 0 radical (unpaired) electrons. The number of carbonyl (C=O) groups excluding carboxylic acids is 1. The molecule has 0 saturated carbocycles. The van der Waals surface area contributed by atoms with Gasteiger partial charge in [-0.05, 0) is 51.7 Å². The van der Waals surface area contributed by atoms with E-state index >= 15 is 0 Å². The minimum atomic E-state index is -0.0346. The molecule has 0 aliphatic rings. The first-order valence-electron chi connectivity index (χ1n) is 6.58. The maximum absolute atomic E-state index is 12.0. The highest BCUT2D eigenvalue weighted by molar-refractivity contribution is 5.98. The molecule has 4 heteroatoms. The van der Waals surface area contributed by atoms with Gasteiger partial charge in [0.2, 0.25) is 0 Å². The molecule has 102 valence electrons. The quantitative estimate of drug-likeness (QED) is 0.808. The molecule has 1 amide bonds. The van der Waals surface area contributed by atoms with Crippen LogP contribution >= 0.6 is 0 Å². The van der Waals surface area contributed by atoms with Gasteiger partial charge >= 0.3 is 0 Å². The number of aromatic nitrogens is 1. The summed E-state index contributed by atoms with van der Waals surface area (Å²) in [6.45, 7) is 3.72. The summed E-state index contributed by atoms with van der Waals surface area (Å²) < 4.78 is 0. The van der Waals surface area contributed by atoms with Crippen LogP contribution in [-0.4, -0.2) is 43.0 Å². The number of hydrogen-bond acceptors (Lipinski definition) is 2. The molecule has 0 saturated heterocycles. The molecule has 0 aliphatic carbocycles. The number of carbonyl (C=O) groups is 1. The van der Waals surface area contributed by atoms with E-state index in [4.69, 9.17) is 0 Å². The molecule has 0 atom stereocenters. The van der Waals surface area contributed by atoms with E-state index in [9.17, 15) is 4.79 Å². The first-order chi connectivity index (χ1) is 9.06. The third-order valence-electron chi connectivity index (χ3n) is 3.09. The van der Waals surface area contributed by atoms with E-state index < -0.39 is 0 Å². The zero-order valence-electron chi connectivity index (χ0n) is 11.8. The largest absolute Gasteiger partial charge is 0.351 e. The average molecular weight is 259 g/mol. The van der Waals surface area contributed by atoms with E-state index in [1.165, 1.54) is 5.56 Å². The van der Waals surface area contributed by atoms with Crippen molar-refractivity contribution in [1.82, 2.24) is 15.2 Å². The number of fused-ring (bicyclic) bond motifs is 1. The van der Waals surface area contributed by atoms with Crippen LogP contribution in [-0.2, 0) is 0 Å². The minimum Gasteiger partial charge on any atom is -0.351 e. The van der Waals surface area contributed by atoms with Gasteiger partial charge in [0, 0.05) is 17.4 Å². The van der Waals surface area contributed by atoms with Crippen LogP contribution in [0.3, 0.4) is 0 Å². The number of amides is 1. The SMILES string of the molecule is Cc1ccc2cc(C(=O)NCCCN(C)C)[nH]c2c1. The van der Waals surface area contributed by atoms with Gasteiger partial charge in [-0.25, -0.2) is 0 Å². The predicted molar refractivity (Wildman–Crippen MR) is 78.5 cm³/mol. The number of rotatable bonds is 5. The second-order valence-electron chi connectivity index (χ2n) is 5.19. The zero-order valence-corrected chi connectivity index (χ0v) is 11.8. The first-order valence-corrected chi connectivity index (χ1v) is 6.58. The van der Waals surface area contributed by atoms with E-state index in [0.717, 1.165) is 23.9 Å². The molecule has 0 aliphatic heterocycles. The second-order valence-corrected chi connectivity index (χ2v) is 5.19. The molecule has 2 aromatic rings. The fraction of sp³-hybridized carbons (Fsp3) is 0.400. The number of nitrogens with one attached hydrogen (secondary N) is 2. The van der Waals surface area contributed by atoms with Crippen LogP contribution in [0, 0.1) is 6.92 Å². The minimum absolute atomic E-state index is 0.0346. The van der Waals surface area contributed by atoms with Gasteiger partial charge in [0.1, 0.15) is 5.69 Å². The first kappa shape index (κ1) is 13.6. The van der Waals surface area contributed by atoms with E-state index in [0.29, 0.717) is 12.2 Å². The molecule has 1 aromatic carbocycles. The third kappa shape index (κ3) is 3.58. The lowest BCUT2D eigenvalue weighted by Gasteiger charge is -2.09. The summed E-state index contributed by atoms with van der Waals surface area (Å²) in [5, 5.41) is 4.01. The summed E-state index contributed by atoms with van der Waals surface area (Å²) in [5.41, 5.74) is 2.83. The molecule has 0 spiro atoms. The van der Waals surface area contributed by atoms with Crippen LogP contribution in [0.2, 0.25) is 0 Å². The topological polar surface area (TPSA) is 48.1 Å². The Morgan fingerprint density at radius 3 is 2.84 bits per heavy atom. The van der Waals surface area contributed by atoms with Crippen LogP contribution in [0.5, 0.6) is 0 Å². The molecule has 1 heterocycles. The zero-order chi connectivity index (χ0) is 13.8. The Balaban J connectivity index is 1.97. The molecule has 4 nitrogen and oxygen atoms in total. The van der Waals surface area contributed by atoms with Crippen molar-refractivity contribution in [2.24, 2.45) is 0 Å². The fourth-order valence-corrected chi connectivity index (χ4v) is 2.06. The van der Waals surface area contributed by atoms with Crippen molar-refractivity contribution in [3.8, 4) is 0 Å². The van der Waals surface area contributed by atoms with Crippen molar-refractivity contribution in [2.75, 3.05) is 27.2 Å². The average Bonchev–Trinajstić information content (AvgIpc) is 2.77. The molecular formula is C15H21N3O. The lowest BCUT2D eigenvalue weighted by atomic mass is 10.2. The highest BCUT2D eigenvalue weighted by atomic mass is 16.1. The standard InChI is InChI=1S/C15H21N3O/c1-11-5-6-12-10-14(17-13(12)9-11)15(19)16-7-4-8-18(2)3/h5-6,9-10,17H,4,7-8H2,1-3H3,(H,16,19). The highest BCUT2D eigenvalue weighted by Crippen LogP contribution is 2.16. The summed E-state index contributed by atoms with van der Waals surface area (Å²) in [5.74, 6) is -0.0346. The van der Waals surface area contributed by atoms with Crippen molar-refractivity contribution in [1.29, 1.82) is 0 Å². The fourth-order valence-electron chi connectivity index (χ4n) is 2.06. The Kier molecular flexibility index (Phi) is 4.22. The van der Waals surface area contributed by atoms with Gasteiger partial charge in [0.25, 0.3) is 5.91 Å². The molecule has 1 aromatic heterocycles. The molecule has 0 fully saturated rings. The van der Waals surface area contributed by atoms with Gasteiger partial charge < -0.3 is 15.2 Å². The van der Waals surface area contributed by atoms with Crippen LogP contribution in [0.15, 0.2) is 24.3 Å². The van der Waals surface area contributed by atoms with Crippen molar-refractivity contribution >= 4 is 16.8 Å². The Morgan fingerprint density at radius 1 is 1.32 bits per heavy atom. The molecular weight excluding hydrogens is 238 g/mol. The van der Waals surface area contributed by atoms with Gasteiger partial charge in [-0.1, -0.05) is 12.1 Å². The molecule has 0 unspecified atom stereocenters. The van der Waals surface area contributed by atoms with Crippen molar-refractivity contribution in [3.05, 3.63) is 35.5 Å². The Labute approximate surface area is 113 Å². The highest BCUT2D eigenvalue weighted by Gasteiger charge is 2.08. The Bertz CT molecular complexity index is 572. The van der Waals surface area contributed by atoms with Gasteiger partial charge in [-0.3, -0.25) is 4.79 Å². The number of nitrogens with zero attached hydrogens (tertiary/aromatic N) is 1. The van der Waals surface area contributed by atoms with Gasteiger partial charge in [-0.15, -0.1) is 0 Å². The van der Waals surface area contributed by atoms with Gasteiger partial charge in [0.05, 0.1) is 0 Å². The predicted octanol–water partition coefficient (Wildman–Crippen LogP) is 2.16. The monoisotopic (exact) mass is 259 g/mol. The van der Waals surface area contributed by atoms with Gasteiger partial charge in [0.15, 0.2) is 0 Å². The van der Waals surface area contributed by atoms with Crippen molar-refractivity contribution in [2.45, 2.75) is 13.3 Å². The maximum atomic E-state index is 12.0. The van der Waals surface area contributed by atoms with E-state index in [1.54, 1.807) is 0 Å². The van der Waals surface area contributed by atoms with Crippen molar-refractivity contribution < 1.29 is 4.79 Å². The van der Waals surface area contributed by atoms with Crippen LogP contribution in [0.4, 0.5) is 0 Å². The summed E-state index contributed by atoms with van der Waals surface area (Å²) >= 11 is 0. The summed E-state index contributed by atoms with van der Waals surface area (Å²) in [6, 6.07) is 8.03. The molecule has 2 rings (SSSR count). The normalized spacial score (nSPS) is 11.2. The Morgan fingerprint density at radius 2 is 2.11 bits per heavy atom. The number of benzene rings is 1. The van der Waals surface area contributed by atoms with Gasteiger partial charge in [-0.2, -0.15) is 0 Å². The smallest absolute Gasteiger partial charge is 0.267 e. The lowest BCUT2D eigenvalue weighted by Crippen LogP contribution is -2.27. The van der Waals surface area contributed by atoms with Crippen LogP contribution < -0.4 is 5.32 Å². The number of aryl methyl sites for hydroxylation is 1. The van der Waals surface area contributed by atoms with E-state index in [-0.39, 0.29) is 5.91 Å². The van der Waals surface area contributed by atoms with Crippen LogP contribution in [0.25, 0.3) is 10.9 Å². The van der Waals surface area contributed by atoms with E-state index in [2.05, 4.69) is 27.3 Å². The molecule has 0 bridgehead atoms. The summed E-state index contributed by atoms with van der Waals surface area (Å²) in [4.78, 5) is 17.3. The maximum Gasteiger partial charge on any atom is 0.267 e. The number of hydrogen-bond donors (Lipinski definition) is 2. The summed E-state index contributed by atoms with van der Waals surface area (Å²) in [6.07, 6.45) is 0.956. The van der Waals surface area contributed by atoms with E-state index in [1.807, 2.05) is 33.2 Å². The summed E-state index contributed by atoms with van der Waals surface area (Å²) in [7, 11) is 4.06. The van der Waals surface area contributed by atoms with Crippen LogP contribution in [0.1, 0.15) is 22.5 Å². The molecule has 19 heavy (non-hydrogen) atoms. The Hall–Kier alpha value is -1.81. The lowest BCUT2D eigenvalue weighted by molar-refractivity contribution is 0.0948. The molecule has 2 N–H and O–H groups in total.